The standard InChI is InChI=1S/C11H11BrO.C8H6BrIO/c1-7-4-11(12)10(8-2-3-8)5-9(7)6-13;1-5-2-7(9)8(10)3-6(5)4-11/h4-6,8H,2-3H2,1H3;2-4H,1H3. The van der Waals surface area contributed by atoms with E-state index in [2.05, 4.69) is 54.5 Å². The first-order valence-corrected chi connectivity index (χ1v) is 10.2. The molecule has 0 radical (unpaired) electrons. The molecule has 0 amide bonds. The molecule has 1 aliphatic rings. The largest absolute Gasteiger partial charge is 0.298 e. The van der Waals surface area contributed by atoms with Gasteiger partial charge in [-0.15, -0.1) is 0 Å². The fraction of sp³-hybridized carbons (Fsp3) is 0.263. The maximum absolute atomic E-state index is 10.7. The van der Waals surface area contributed by atoms with Crippen LogP contribution in [0.15, 0.2) is 33.2 Å². The Morgan fingerprint density at radius 1 is 0.917 bits per heavy atom. The normalized spacial score (nSPS) is 13.0. The van der Waals surface area contributed by atoms with E-state index in [1.54, 1.807) is 0 Å². The van der Waals surface area contributed by atoms with E-state index in [1.165, 1.54) is 18.4 Å². The van der Waals surface area contributed by atoms with Crippen LogP contribution < -0.4 is 0 Å². The highest BCUT2D eigenvalue weighted by Gasteiger charge is 2.26. The molecule has 0 heterocycles. The molecule has 1 saturated carbocycles. The van der Waals surface area contributed by atoms with Gasteiger partial charge >= 0.3 is 0 Å². The van der Waals surface area contributed by atoms with Crippen LogP contribution in [0.3, 0.4) is 0 Å². The lowest BCUT2D eigenvalue weighted by atomic mass is 10.0. The maximum atomic E-state index is 10.7. The third kappa shape index (κ3) is 4.99. The summed E-state index contributed by atoms with van der Waals surface area (Å²) in [7, 11) is 0. The van der Waals surface area contributed by atoms with Crippen molar-refractivity contribution in [3.8, 4) is 0 Å². The van der Waals surface area contributed by atoms with Gasteiger partial charge in [-0.2, -0.15) is 0 Å². The average Bonchev–Trinajstić information content (AvgIpc) is 3.36. The predicted octanol–water partition coefficient (Wildman–Crippen LogP) is 6.62. The molecule has 2 nitrogen and oxygen atoms in total. The number of rotatable bonds is 3. The van der Waals surface area contributed by atoms with Gasteiger partial charge < -0.3 is 0 Å². The molecule has 0 bridgehead atoms. The summed E-state index contributed by atoms with van der Waals surface area (Å²) in [5.74, 6) is 0.689. The summed E-state index contributed by atoms with van der Waals surface area (Å²) >= 11 is 9.11. The molecular weight excluding hydrogens is 547 g/mol. The summed E-state index contributed by atoms with van der Waals surface area (Å²) in [4.78, 5) is 21.2. The predicted molar refractivity (Wildman–Crippen MR) is 113 cm³/mol. The second kappa shape index (κ2) is 8.72. The van der Waals surface area contributed by atoms with E-state index < -0.39 is 0 Å². The molecule has 0 aromatic heterocycles. The topological polar surface area (TPSA) is 34.1 Å². The highest BCUT2D eigenvalue weighted by Crippen LogP contribution is 2.43. The average molecular weight is 564 g/mol. The quantitative estimate of drug-likeness (QED) is 0.311. The number of aldehydes is 2. The van der Waals surface area contributed by atoms with Crippen molar-refractivity contribution in [3.05, 3.63) is 64.6 Å². The van der Waals surface area contributed by atoms with Crippen LogP contribution in [0.4, 0.5) is 0 Å². The van der Waals surface area contributed by atoms with Crippen molar-refractivity contribution in [2.45, 2.75) is 32.6 Å². The van der Waals surface area contributed by atoms with E-state index in [0.717, 1.165) is 47.3 Å². The number of aryl methyl sites for hydroxylation is 2. The van der Waals surface area contributed by atoms with Crippen LogP contribution in [0.1, 0.15) is 56.2 Å². The molecular formula is C19H17Br2IO2. The minimum atomic E-state index is 0.689. The Kier molecular flexibility index (Phi) is 7.19. The van der Waals surface area contributed by atoms with Gasteiger partial charge in [0.15, 0.2) is 0 Å². The lowest BCUT2D eigenvalue weighted by Crippen LogP contribution is -1.91. The first-order chi connectivity index (χ1) is 11.4. The molecule has 24 heavy (non-hydrogen) atoms. The maximum Gasteiger partial charge on any atom is 0.150 e. The monoisotopic (exact) mass is 562 g/mol. The lowest BCUT2D eigenvalue weighted by molar-refractivity contribution is 0.111. The molecule has 2 aromatic rings. The minimum absolute atomic E-state index is 0.689. The van der Waals surface area contributed by atoms with Crippen molar-refractivity contribution < 1.29 is 9.59 Å². The fourth-order valence-electron chi connectivity index (χ4n) is 2.33. The van der Waals surface area contributed by atoms with E-state index in [-0.39, 0.29) is 0 Å². The zero-order chi connectivity index (χ0) is 17.9. The van der Waals surface area contributed by atoms with E-state index in [4.69, 9.17) is 0 Å². The first kappa shape index (κ1) is 19.8. The van der Waals surface area contributed by atoms with E-state index >= 15 is 0 Å². The molecule has 0 saturated heterocycles. The first-order valence-electron chi connectivity index (χ1n) is 7.53. The van der Waals surface area contributed by atoms with Crippen LogP contribution in [-0.2, 0) is 0 Å². The van der Waals surface area contributed by atoms with Crippen LogP contribution in [0.25, 0.3) is 0 Å². The van der Waals surface area contributed by atoms with Crippen LogP contribution in [-0.4, -0.2) is 12.6 Å². The molecule has 2 aromatic carbocycles. The molecule has 1 fully saturated rings. The smallest absolute Gasteiger partial charge is 0.150 e. The van der Waals surface area contributed by atoms with Gasteiger partial charge in [-0.3, -0.25) is 9.59 Å². The molecule has 0 N–H and O–H groups in total. The van der Waals surface area contributed by atoms with Crippen LogP contribution in [0.2, 0.25) is 0 Å². The molecule has 1 aliphatic carbocycles. The second-order valence-electron chi connectivity index (χ2n) is 5.86. The third-order valence-electron chi connectivity index (χ3n) is 3.97. The van der Waals surface area contributed by atoms with Crippen molar-refractivity contribution in [2.24, 2.45) is 0 Å². The highest BCUT2D eigenvalue weighted by molar-refractivity contribution is 14.1. The third-order valence-corrected chi connectivity index (χ3v) is 6.94. The molecule has 0 aliphatic heterocycles. The molecule has 3 rings (SSSR count). The SMILES string of the molecule is Cc1cc(Br)c(C2CC2)cc1C=O.Cc1cc(Br)c(I)cc1C=O. The van der Waals surface area contributed by atoms with Gasteiger partial charge in [0.2, 0.25) is 0 Å². The van der Waals surface area contributed by atoms with Gasteiger partial charge in [-0.1, -0.05) is 15.9 Å². The Hall–Kier alpha value is -0.530. The van der Waals surface area contributed by atoms with Gasteiger partial charge in [-0.05, 0) is 112 Å². The van der Waals surface area contributed by atoms with Crippen molar-refractivity contribution in [2.75, 3.05) is 0 Å². The zero-order valence-corrected chi connectivity index (χ0v) is 18.7. The van der Waals surface area contributed by atoms with Gasteiger partial charge in [0, 0.05) is 23.6 Å². The summed E-state index contributed by atoms with van der Waals surface area (Å²) in [6.07, 6.45) is 4.34. The molecule has 126 valence electrons. The van der Waals surface area contributed by atoms with Crippen molar-refractivity contribution in [1.82, 2.24) is 0 Å². The summed E-state index contributed by atoms with van der Waals surface area (Å²) in [6.45, 7) is 3.88. The summed E-state index contributed by atoms with van der Waals surface area (Å²) in [5, 5.41) is 0. The van der Waals surface area contributed by atoms with E-state index in [9.17, 15) is 9.59 Å². The Bertz CT molecular complexity index is 783. The van der Waals surface area contributed by atoms with Gasteiger partial charge in [0.25, 0.3) is 0 Å². The summed E-state index contributed by atoms with van der Waals surface area (Å²) < 4.78 is 3.26. The van der Waals surface area contributed by atoms with Crippen LogP contribution >= 0.6 is 54.5 Å². The van der Waals surface area contributed by atoms with E-state index in [1.807, 2.05) is 38.1 Å². The Balaban J connectivity index is 0.000000177. The van der Waals surface area contributed by atoms with Gasteiger partial charge in [-0.25, -0.2) is 0 Å². The minimum Gasteiger partial charge on any atom is -0.298 e. The number of carbonyl (C=O) groups excluding carboxylic acids is 2. The number of hydrogen-bond donors (Lipinski definition) is 0. The number of benzene rings is 2. The second-order valence-corrected chi connectivity index (χ2v) is 8.73. The van der Waals surface area contributed by atoms with E-state index in [0.29, 0.717) is 5.92 Å². The van der Waals surface area contributed by atoms with Crippen molar-refractivity contribution in [3.63, 3.8) is 0 Å². The van der Waals surface area contributed by atoms with Gasteiger partial charge in [0.1, 0.15) is 12.6 Å². The Morgan fingerprint density at radius 3 is 1.92 bits per heavy atom. The number of hydrogen-bond acceptors (Lipinski definition) is 2. The van der Waals surface area contributed by atoms with Gasteiger partial charge in [0.05, 0.1) is 0 Å². The Morgan fingerprint density at radius 2 is 1.42 bits per heavy atom. The molecule has 0 unspecified atom stereocenters. The summed E-state index contributed by atoms with van der Waals surface area (Å²) in [6, 6.07) is 7.87. The molecule has 0 atom stereocenters. The van der Waals surface area contributed by atoms with Crippen molar-refractivity contribution >= 4 is 67.0 Å². The molecule has 0 spiro atoms. The molecule has 5 heteroatoms. The van der Waals surface area contributed by atoms with Crippen LogP contribution in [0.5, 0.6) is 0 Å². The van der Waals surface area contributed by atoms with Crippen LogP contribution in [0, 0.1) is 17.4 Å². The number of halogens is 3. The fourth-order valence-corrected chi connectivity index (χ4v) is 4.06. The summed E-state index contributed by atoms with van der Waals surface area (Å²) in [5.41, 5.74) is 4.94. The number of carbonyl (C=O) groups is 2. The highest BCUT2D eigenvalue weighted by atomic mass is 127. The Labute approximate surface area is 172 Å². The van der Waals surface area contributed by atoms with Crippen molar-refractivity contribution in [1.29, 1.82) is 0 Å². The lowest BCUT2D eigenvalue weighted by Gasteiger charge is -2.06. The zero-order valence-electron chi connectivity index (χ0n) is 13.4.